The minimum absolute atomic E-state index is 0.242. The van der Waals surface area contributed by atoms with E-state index in [1.165, 1.54) is 17.2 Å². The molecule has 1 aromatic carbocycles. The summed E-state index contributed by atoms with van der Waals surface area (Å²) in [5.74, 6) is 0.212. The maximum absolute atomic E-state index is 14.7. The SMILES string of the molecule is CC(C)(C)OC(=O)[IH]N(CC1CN(c2cc[c]([Sn]([CH3])([CH3])[CH3])c(F)c2)C(=O)O1)c1ccon1. The van der Waals surface area contributed by atoms with Crippen molar-refractivity contribution in [3.05, 3.63) is 36.3 Å². The van der Waals surface area contributed by atoms with Gasteiger partial charge in [-0.25, -0.2) is 0 Å². The fourth-order valence-corrected chi connectivity index (χ4v) is 9.64. The van der Waals surface area contributed by atoms with Gasteiger partial charge in [-0.05, 0) is 0 Å². The van der Waals surface area contributed by atoms with E-state index in [1.807, 2.05) is 20.8 Å². The van der Waals surface area contributed by atoms with Gasteiger partial charge < -0.3 is 0 Å². The van der Waals surface area contributed by atoms with Crippen LogP contribution < -0.4 is 11.6 Å². The number of benzene rings is 1. The predicted molar refractivity (Wildman–Crippen MR) is 132 cm³/mol. The summed E-state index contributed by atoms with van der Waals surface area (Å²) in [6.07, 6.45) is 0.359. The Morgan fingerprint density at radius 2 is 2.06 bits per heavy atom. The Kier molecular flexibility index (Phi) is 7.62. The van der Waals surface area contributed by atoms with Crippen molar-refractivity contribution in [3.8, 4) is 0 Å². The van der Waals surface area contributed by atoms with Gasteiger partial charge in [0.2, 0.25) is 0 Å². The first-order chi connectivity index (χ1) is 14.8. The van der Waals surface area contributed by atoms with Crippen molar-refractivity contribution >= 4 is 65.0 Å². The maximum atomic E-state index is 14.7. The van der Waals surface area contributed by atoms with Crippen molar-refractivity contribution in [1.82, 2.24) is 5.16 Å². The number of ether oxygens (including phenoxy) is 2. The number of hydrogen-bond donors (Lipinski definition) is 0. The molecule has 1 aliphatic rings. The van der Waals surface area contributed by atoms with Crippen molar-refractivity contribution in [1.29, 1.82) is 0 Å². The molecule has 0 saturated carbocycles. The number of rotatable bonds is 7. The molecule has 0 spiro atoms. The summed E-state index contributed by atoms with van der Waals surface area (Å²) in [6.45, 7) is 5.93. The molecule has 0 radical (unpaired) electrons. The number of amides is 1. The molecule has 1 aliphatic heterocycles. The van der Waals surface area contributed by atoms with Crippen LogP contribution in [0.3, 0.4) is 0 Å². The fourth-order valence-electron chi connectivity index (χ4n) is 3.16. The zero-order chi connectivity index (χ0) is 23.7. The van der Waals surface area contributed by atoms with Gasteiger partial charge in [-0.2, -0.15) is 0 Å². The Balaban J connectivity index is 1.72. The monoisotopic (exact) mass is 669 g/mol. The number of cyclic esters (lactones) is 1. The van der Waals surface area contributed by atoms with Gasteiger partial charge in [-0.3, -0.25) is 0 Å². The van der Waals surface area contributed by atoms with Gasteiger partial charge in [0, 0.05) is 0 Å². The Labute approximate surface area is 201 Å². The molecular formula is C21H29FIN3O5Sn. The van der Waals surface area contributed by atoms with Gasteiger partial charge in [-0.1, -0.05) is 0 Å². The zero-order valence-electron chi connectivity index (χ0n) is 19.0. The first-order valence-electron chi connectivity index (χ1n) is 10.2. The van der Waals surface area contributed by atoms with E-state index in [1.54, 1.807) is 21.3 Å². The number of aromatic nitrogens is 1. The van der Waals surface area contributed by atoms with Crippen LogP contribution in [0.5, 0.6) is 0 Å². The third-order valence-electron chi connectivity index (χ3n) is 4.57. The summed E-state index contributed by atoms with van der Waals surface area (Å²) in [7, 11) is 0. The number of anilines is 2. The van der Waals surface area contributed by atoms with Gasteiger partial charge in [0.25, 0.3) is 0 Å². The van der Waals surface area contributed by atoms with E-state index < -0.39 is 57.7 Å². The van der Waals surface area contributed by atoms with Gasteiger partial charge in [-0.15, -0.1) is 0 Å². The topological polar surface area (TPSA) is 85.1 Å². The first kappa shape index (κ1) is 25.1. The van der Waals surface area contributed by atoms with Crippen molar-refractivity contribution in [2.45, 2.75) is 47.3 Å². The molecule has 2 heterocycles. The quantitative estimate of drug-likeness (QED) is 0.183. The Bertz CT molecular complexity index is 975. The van der Waals surface area contributed by atoms with Crippen LogP contribution in [0.4, 0.5) is 25.5 Å². The predicted octanol–water partition coefficient (Wildman–Crippen LogP) is 4.74. The summed E-state index contributed by atoms with van der Waals surface area (Å²) in [6, 6.07) is 6.62. The second-order valence-electron chi connectivity index (χ2n) is 9.50. The van der Waals surface area contributed by atoms with Crippen molar-refractivity contribution in [2.75, 3.05) is 21.1 Å². The van der Waals surface area contributed by atoms with Crippen LogP contribution in [0.25, 0.3) is 0 Å². The van der Waals surface area contributed by atoms with Gasteiger partial charge in [0.15, 0.2) is 0 Å². The van der Waals surface area contributed by atoms with E-state index in [-0.39, 0.29) is 22.9 Å². The average molecular weight is 668 g/mol. The molecule has 8 nitrogen and oxygen atoms in total. The van der Waals surface area contributed by atoms with E-state index in [0.29, 0.717) is 11.5 Å². The van der Waals surface area contributed by atoms with Gasteiger partial charge in [0.1, 0.15) is 0 Å². The van der Waals surface area contributed by atoms with Crippen LogP contribution >= 0.6 is 21.5 Å². The number of halogens is 2. The summed E-state index contributed by atoms with van der Waals surface area (Å²) in [4.78, 5) is 32.8. The van der Waals surface area contributed by atoms with Gasteiger partial charge >= 0.3 is 203 Å². The second kappa shape index (κ2) is 9.73. The Morgan fingerprint density at radius 1 is 1.34 bits per heavy atom. The number of hydrogen-bond acceptors (Lipinski definition) is 7. The molecule has 1 amide bonds. The summed E-state index contributed by atoms with van der Waals surface area (Å²) in [5, 5.41) is 3.93. The molecule has 0 N–H and O–H groups in total. The molecule has 1 fully saturated rings. The minimum atomic E-state index is -2.59. The van der Waals surface area contributed by atoms with Crippen molar-refractivity contribution < 1.29 is 28.0 Å². The van der Waals surface area contributed by atoms with Crippen molar-refractivity contribution in [3.63, 3.8) is 0 Å². The molecule has 1 saturated heterocycles. The van der Waals surface area contributed by atoms with Crippen LogP contribution in [0.15, 0.2) is 35.1 Å². The number of carbonyl (C=O) groups excluding carboxylic acids is 2. The third kappa shape index (κ3) is 6.48. The molecule has 176 valence electrons. The number of nitrogens with zero attached hydrogens (tertiary/aromatic N) is 3. The van der Waals surface area contributed by atoms with Crippen LogP contribution in [-0.4, -0.2) is 58.4 Å². The summed E-state index contributed by atoms with van der Waals surface area (Å²) < 4.78 is 32.9. The summed E-state index contributed by atoms with van der Waals surface area (Å²) in [5.41, 5.74) is -0.132. The molecule has 32 heavy (non-hydrogen) atoms. The molecule has 1 unspecified atom stereocenters. The van der Waals surface area contributed by atoms with Crippen LogP contribution in [-0.2, 0) is 9.47 Å². The molecule has 3 rings (SSSR count). The van der Waals surface area contributed by atoms with Crippen LogP contribution in [0.1, 0.15) is 20.8 Å². The normalized spacial score (nSPS) is 16.9. The molecule has 0 bridgehead atoms. The molecule has 2 aromatic rings. The third-order valence-corrected chi connectivity index (χ3v) is 12.6. The molecule has 1 atom stereocenters. The first-order valence-corrected chi connectivity index (χ1v) is 22.4. The van der Waals surface area contributed by atoms with E-state index >= 15 is 0 Å². The zero-order valence-corrected chi connectivity index (χ0v) is 24.2. The summed E-state index contributed by atoms with van der Waals surface area (Å²) >= 11 is -4.06. The van der Waals surface area contributed by atoms with Crippen molar-refractivity contribution in [2.24, 2.45) is 0 Å². The van der Waals surface area contributed by atoms with Gasteiger partial charge in [0.05, 0.1) is 0 Å². The average Bonchev–Trinajstić information content (AvgIpc) is 3.28. The second-order valence-corrected chi connectivity index (χ2v) is 26.6. The van der Waals surface area contributed by atoms with E-state index in [9.17, 15) is 14.0 Å². The fraction of sp³-hybridized carbons (Fsp3) is 0.476. The van der Waals surface area contributed by atoms with E-state index in [0.717, 1.165) is 3.58 Å². The molecule has 11 heteroatoms. The standard InChI is InChI=1S/C18H20FIN3O5.3CH3.Sn/c1-18(2,3)28-16(24)20-23(15-7-8-26-21-15)11-14-10-22(17(25)27-14)13-6-4-5-12(19)9-13;;;;/h4,6-9,14,20H,10-11H2,1-3H3;3*1H3;. The van der Waals surface area contributed by atoms with Crippen LogP contribution in [0.2, 0.25) is 14.8 Å². The Morgan fingerprint density at radius 3 is 2.62 bits per heavy atom. The van der Waals surface area contributed by atoms with E-state index in [4.69, 9.17) is 14.0 Å². The molecule has 0 aliphatic carbocycles. The Hall–Kier alpha value is -1.57. The van der Waals surface area contributed by atoms with E-state index in [2.05, 4.69) is 20.0 Å². The molecular weight excluding hydrogens is 639 g/mol. The molecule has 1 aromatic heterocycles. The van der Waals surface area contributed by atoms with Crippen LogP contribution in [0, 0.1) is 5.82 Å². The number of carbonyl (C=O) groups is 2.